The molecule has 1 saturated heterocycles. The largest absolute Gasteiger partial charge is 0.342 e. The molecule has 1 N–H and O–H groups in total. The molecular formula is C18H27BrN2O. The molecule has 0 spiro atoms. The van der Waals surface area contributed by atoms with Crippen LogP contribution in [0.4, 0.5) is 0 Å². The van der Waals surface area contributed by atoms with Gasteiger partial charge in [0, 0.05) is 23.5 Å². The molecule has 2 rings (SSSR count). The monoisotopic (exact) mass is 366 g/mol. The highest BCUT2D eigenvalue weighted by Gasteiger charge is 2.27. The van der Waals surface area contributed by atoms with Crippen molar-refractivity contribution >= 4 is 21.8 Å². The van der Waals surface area contributed by atoms with Crippen LogP contribution in [-0.2, 0) is 11.2 Å². The van der Waals surface area contributed by atoms with E-state index in [4.69, 9.17) is 0 Å². The van der Waals surface area contributed by atoms with Crippen LogP contribution in [0.1, 0.15) is 31.7 Å². The van der Waals surface area contributed by atoms with Crippen molar-refractivity contribution in [1.82, 2.24) is 10.2 Å². The summed E-state index contributed by atoms with van der Waals surface area (Å²) in [4.78, 5) is 14.9. The Hall–Kier alpha value is -0.870. The lowest BCUT2D eigenvalue weighted by atomic mass is 9.92. The van der Waals surface area contributed by atoms with Gasteiger partial charge in [-0.1, -0.05) is 35.0 Å². The number of halogens is 1. The van der Waals surface area contributed by atoms with Gasteiger partial charge in [0.15, 0.2) is 0 Å². The predicted molar refractivity (Wildman–Crippen MR) is 94.9 cm³/mol. The van der Waals surface area contributed by atoms with Crippen LogP contribution >= 0.6 is 15.9 Å². The minimum Gasteiger partial charge on any atom is -0.342 e. The first-order chi connectivity index (χ1) is 10.6. The summed E-state index contributed by atoms with van der Waals surface area (Å²) in [6.07, 6.45) is 3.99. The minimum atomic E-state index is 0.107. The molecule has 4 heteroatoms. The Morgan fingerprint density at radius 2 is 2.14 bits per heavy atom. The van der Waals surface area contributed by atoms with E-state index >= 15 is 0 Å². The maximum atomic E-state index is 12.8. The van der Waals surface area contributed by atoms with Gasteiger partial charge in [-0.05, 0) is 62.9 Å². The molecular weight excluding hydrogens is 340 g/mol. The molecule has 0 aromatic heterocycles. The van der Waals surface area contributed by atoms with E-state index in [0.717, 1.165) is 55.7 Å². The van der Waals surface area contributed by atoms with Gasteiger partial charge in [-0.3, -0.25) is 4.79 Å². The fraction of sp³-hybridized carbons (Fsp3) is 0.611. The normalized spacial score (nSPS) is 17.5. The van der Waals surface area contributed by atoms with Gasteiger partial charge >= 0.3 is 0 Å². The molecule has 1 aliphatic heterocycles. The van der Waals surface area contributed by atoms with Crippen LogP contribution in [0, 0.1) is 11.8 Å². The van der Waals surface area contributed by atoms with Crippen LogP contribution in [-0.4, -0.2) is 37.5 Å². The molecule has 1 fully saturated rings. The summed E-state index contributed by atoms with van der Waals surface area (Å²) in [7, 11) is 2.00. The van der Waals surface area contributed by atoms with Crippen molar-refractivity contribution in [3.05, 3.63) is 34.3 Å². The van der Waals surface area contributed by atoms with Crippen LogP contribution < -0.4 is 5.32 Å². The highest BCUT2D eigenvalue weighted by molar-refractivity contribution is 9.10. The zero-order valence-electron chi connectivity index (χ0n) is 13.6. The number of carbonyl (C=O) groups is 1. The molecule has 1 aromatic rings. The van der Waals surface area contributed by atoms with Crippen molar-refractivity contribution in [2.75, 3.05) is 26.7 Å². The first-order valence-electron chi connectivity index (χ1n) is 8.31. The Kier molecular flexibility index (Phi) is 6.90. The number of carbonyl (C=O) groups excluding carboxylic acids is 1. The number of hydrogen-bond donors (Lipinski definition) is 1. The maximum Gasteiger partial charge on any atom is 0.226 e. The predicted octanol–water partition coefficient (Wildman–Crippen LogP) is 3.48. The SMILES string of the molecule is CCC(Cc1cccc(Br)c1)C(=O)N1CCC(CNC)CC1. The van der Waals surface area contributed by atoms with Crippen molar-refractivity contribution in [3.8, 4) is 0 Å². The van der Waals surface area contributed by atoms with Crippen LogP contribution in [0.15, 0.2) is 28.7 Å². The maximum absolute atomic E-state index is 12.8. The van der Waals surface area contributed by atoms with E-state index in [1.54, 1.807) is 0 Å². The Morgan fingerprint density at radius 1 is 1.41 bits per heavy atom. The highest BCUT2D eigenvalue weighted by atomic mass is 79.9. The van der Waals surface area contributed by atoms with Crippen molar-refractivity contribution < 1.29 is 4.79 Å². The summed E-state index contributed by atoms with van der Waals surface area (Å²) in [5.74, 6) is 1.17. The number of amides is 1. The quantitative estimate of drug-likeness (QED) is 0.835. The highest BCUT2D eigenvalue weighted by Crippen LogP contribution is 2.22. The van der Waals surface area contributed by atoms with E-state index in [-0.39, 0.29) is 5.92 Å². The molecule has 0 aliphatic carbocycles. The smallest absolute Gasteiger partial charge is 0.226 e. The van der Waals surface area contributed by atoms with E-state index in [9.17, 15) is 4.79 Å². The van der Waals surface area contributed by atoms with Gasteiger partial charge in [0.25, 0.3) is 0 Å². The van der Waals surface area contributed by atoms with Crippen LogP contribution in [0.5, 0.6) is 0 Å². The molecule has 1 heterocycles. The third-order valence-corrected chi connectivity index (χ3v) is 5.13. The molecule has 1 unspecified atom stereocenters. The standard InChI is InChI=1S/C18H27BrN2O/c1-3-16(11-15-5-4-6-17(19)12-15)18(22)21-9-7-14(8-10-21)13-20-2/h4-6,12,14,16,20H,3,7-11,13H2,1-2H3. The second kappa shape index (κ2) is 8.68. The Morgan fingerprint density at radius 3 is 2.73 bits per heavy atom. The molecule has 22 heavy (non-hydrogen) atoms. The summed E-state index contributed by atoms with van der Waals surface area (Å²) in [6, 6.07) is 8.30. The van der Waals surface area contributed by atoms with E-state index in [2.05, 4.69) is 45.2 Å². The minimum absolute atomic E-state index is 0.107. The first-order valence-corrected chi connectivity index (χ1v) is 9.11. The third-order valence-electron chi connectivity index (χ3n) is 4.63. The summed E-state index contributed by atoms with van der Waals surface area (Å²) in [6.45, 7) is 5.02. The number of likely N-dealkylation sites (tertiary alicyclic amines) is 1. The molecule has 1 atom stereocenters. The van der Waals surface area contributed by atoms with Crippen molar-refractivity contribution in [2.24, 2.45) is 11.8 Å². The molecule has 1 aromatic carbocycles. The van der Waals surface area contributed by atoms with E-state index in [0.29, 0.717) is 5.91 Å². The lowest BCUT2D eigenvalue weighted by Gasteiger charge is -2.34. The number of benzene rings is 1. The Bertz CT molecular complexity index is 484. The van der Waals surface area contributed by atoms with E-state index in [1.165, 1.54) is 5.56 Å². The Labute approximate surface area is 142 Å². The summed E-state index contributed by atoms with van der Waals surface area (Å²) in [5, 5.41) is 3.25. The number of rotatable bonds is 6. The number of nitrogens with one attached hydrogen (secondary N) is 1. The van der Waals surface area contributed by atoms with E-state index in [1.807, 2.05) is 19.2 Å². The van der Waals surface area contributed by atoms with Crippen molar-refractivity contribution in [1.29, 1.82) is 0 Å². The molecule has 0 radical (unpaired) electrons. The molecule has 122 valence electrons. The topological polar surface area (TPSA) is 32.3 Å². The lowest BCUT2D eigenvalue weighted by Crippen LogP contribution is -2.43. The fourth-order valence-corrected chi connectivity index (χ4v) is 3.71. The van der Waals surface area contributed by atoms with Gasteiger partial charge < -0.3 is 10.2 Å². The van der Waals surface area contributed by atoms with Gasteiger partial charge in [-0.15, -0.1) is 0 Å². The van der Waals surface area contributed by atoms with Crippen LogP contribution in [0.2, 0.25) is 0 Å². The summed E-state index contributed by atoms with van der Waals surface area (Å²) >= 11 is 3.51. The lowest BCUT2D eigenvalue weighted by molar-refractivity contribution is -0.137. The molecule has 1 aliphatic rings. The van der Waals surface area contributed by atoms with Crippen molar-refractivity contribution in [2.45, 2.75) is 32.6 Å². The molecule has 0 bridgehead atoms. The summed E-state index contributed by atoms with van der Waals surface area (Å²) in [5.41, 5.74) is 1.24. The second-order valence-electron chi connectivity index (χ2n) is 6.27. The molecule has 0 saturated carbocycles. The van der Waals surface area contributed by atoms with E-state index < -0.39 is 0 Å². The second-order valence-corrected chi connectivity index (χ2v) is 7.18. The number of hydrogen-bond acceptors (Lipinski definition) is 2. The summed E-state index contributed by atoms with van der Waals surface area (Å²) < 4.78 is 1.08. The van der Waals surface area contributed by atoms with Gasteiger partial charge in [-0.2, -0.15) is 0 Å². The Balaban J connectivity index is 1.92. The average Bonchev–Trinajstić information content (AvgIpc) is 2.53. The van der Waals surface area contributed by atoms with Gasteiger partial charge in [0.05, 0.1) is 0 Å². The van der Waals surface area contributed by atoms with Crippen molar-refractivity contribution in [3.63, 3.8) is 0 Å². The van der Waals surface area contributed by atoms with Crippen LogP contribution in [0.25, 0.3) is 0 Å². The number of piperidine rings is 1. The molecule has 3 nitrogen and oxygen atoms in total. The average molecular weight is 367 g/mol. The fourth-order valence-electron chi connectivity index (χ4n) is 3.26. The first kappa shape index (κ1) is 17.5. The third kappa shape index (κ3) is 4.82. The number of nitrogens with zero attached hydrogens (tertiary/aromatic N) is 1. The molecule has 1 amide bonds. The zero-order chi connectivity index (χ0) is 15.9. The van der Waals surface area contributed by atoms with Gasteiger partial charge in [0.1, 0.15) is 0 Å². The van der Waals surface area contributed by atoms with Gasteiger partial charge in [0.2, 0.25) is 5.91 Å². The zero-order valence-corrected chi connectivity index (χ0v) is 15.2. The van der Waals surface area contributed by atoms with Crippen LogP contribution in [0.3, 0.4) is 0 Å². The van der Waals surface area contributed by atoms with Gasteiger partial charge in [-0.25, -0.2) is 0 Å².